The Labute approximate surface area is 242 Å². The fourth-order valence-corrected chi connectivity index (χ4v) is 5.81. The molecule has 0 saturated heterocycles. The van der Waals surface area contributed by atoms with Crippen LogP contribution in [0, 0.1) is 69.2 Å². The molecule has 3 aromatic rings. The van der Waals surface area contributed by atoms with Crippen molar-refractivity contribution in [2.24, 2.45) is 0 Å². The van der Waals surface area contributed by atoms with Gasteiger partial charge in [0.1, 0.15) is 0 Å². The van der Waals surface area contributed by atoms with Gasteiger partial charge in [-0.3, -0.25) is 0 Å². The molecule has 33 heavy (non-hydrogen) atoms. The number of aryl methyl sites for hydroxylation is 6. The van der Waals surface area contributed by atoms with Crippen LogP contribution < -0.4 is 72.9 Å². The van der Waals surface area contributed by atoms with Crippen LogP contribution in [-0.4, -0.2) is 12.7 Å². The number of carbonyl (C=O) groups is 1. The van der Waals surface area contributed by atoms with Crippen molar-refractivity contribution in [1.82, 2.24) is 0 Å². The second kappa shape index (κ2) is 10.6. The van der Waals surface area contributed by atoms with Crippen molar-refractivity contribution in [2.45, 2.75) is 69.2 Å². The van der Waals surface area contributed by atoms with Crippen LogP contribution in [0.3, 0.4) is 0 Å². The first kappa shape index (κ1) is 28.1. The van der Waals surface area contributed by atoms with E-state index in [4.69, 9.17) is 0 Å². The normalized spacial score (nSPS) is 10.7. The van der Waals surface area contributed by atoms with Crippen LogP contribution >= 0.6 is 0 Å². The van der Waals surface area contributed by atoms with E-state index < -0.39 is 5.97 Å². The third kappa shape index (κ3) is 5.11. The second-order valence-corrected chi connectivity index (χ2v) is 9.63. The van der Waals surface area contributed by atoms with Crippen molar-refractivity contribution in [3.63, 3.8) is 0 Å². The minimum absolute atomic E-state index is 0. The molecular weight excluding hydrogens is 430 g/mol. The van der Waals surface area contributed by atoms with E-state index in [1.54, 1.807) is 0 Å². The van der Waals surface area contributed by atoms with Gasteiger partial charge in [-0.1, -0.05) is 85.2 Å². The Morgan fingerprint density at radius 1 is 0.576 bits per heavy atom. The van der Waals surface area contributed by atoms with Crippen molar-refractivity contribution in [2.75, 3.05) is 0 Å². The standard InChI is InChI=1S/C29H35BO2.K/c1-15-11-17(3)26(18(4)12-15)30(27-19(5)13-16(2)14-20(27)6)28-23(9)21(7)25(29(31)32)22(8)24(28)10;/h11-14H,1-10H3,(H,31,32);/q;+1/p-1. The molecule has 0 aromatic heterocycles. The zero-order chi connectivity index (χ0) is 24.1. The minimum Gasteiger partial charge on any atom is -0.545 e. The molecule has 0 aliphatic carbocycles. The summed E-state index contributed by atoms with van der Waals surface area (Å²) < 4.78 is 0. The first-order chi connectivity index (χ1) is 14.9. The Balaban J connectivity index is 0.00000385. The molecular formula is C29H34BKO2. The predicted molar refractivity (Wildman–Crippen MR) is 136 cm³/mol. The summed E-state index contributed by atoms with van der Waals surface area (Å²) in [6, 6.07) is 9.03. The van der Waals surface area contributed by atoms with Crippen LogP contribution in [0.15, 0.2) is 24.3 Å². The topological polar surface area (TPSA) is 40.1 Å². The number of carboxylic acids is 1. The van der Waals surface area contributed by atoms with Gasteiger partial charge in [-0.15, -0.1) is 0 Å². The molecule has 0 bridgehead atoms. The summed E-state index contributed by atoms with van der Waals surface area (Å²) in [5.74, 6) is -1.10. The third-order valence-electron chi connectivity index (χ3n) is 7.23. The van der Waals surface area contributed by atoms with Gasteiger partial charge in [0, 0.05) is 5.56 Å². The van der Waals surface area contributed by atoms with Crippen molar-refractivity contribution in [1.29, 1.82) is 0 Å². The van der Waals surface area contributed by atoms with Crippen molar-refractivity contribution >= 4 is 29.1 Å². The monoisotopic (exact) mass is 464 g/mol. The molecule has 0 fully saturated rings. The Morgan fingerprint density at radius 2 is 0.879 bits per heavy atom. The maximum atomic E-state index is 11.9. The molecule has 166 valence electrons. The molecule has 0 heterocycles. The largest absolute Gasteiger partial charge is 1.00 e. The Hall–Kier alpha value is -1.17. The van der Waals surface area contributed by atoms with Crippen LogP contribution in [0.5, 0.6) is 0 Å². The zero-order valence-corrected chi connectivity index (χ0v) is 25.3. The Bertz CT molecular complexity index is 1120. The van der Waals surface area contributed by atoms with E-state index in [1.165, 1.54) is 49.8 Å². The van der Waals surface area contributed by atoms with E-state index in [1.807, 2.05) is 13.8 Å². The molecule has 0 spiro atoms. The molecule has 0 radical (unpaired) electrons. The van der Waals surface area contributed by atoms with Crippen LogP contribution in [0.1, 0.15) is 66.0 Å². The molecule has 3 aromatic carbocycles. The van der Waals surface area contributed by atoms with Gasteiger partial charge < -0.3 is 9.90 Å². The molecule has 0 aliphatic rings. The van der Waals surface area contributed by atoms with Gasteiger partial charge in [-0.25, -0.2) is 0 Å². The third-order valence-corrected chi connectivity index (χ3v) is 7.23. The van der Waals surface area contributed by atoms with E-state index in [2.05, 4.69) is 79.7 Å². The van der Waals surface area contributed by atoms with E-state index in [9.17, 15) is 9.90 Å². The maximum Gasteiger partial charge on any atom is 1.00 e. The van der Waals surface area contributed by atoms with Crippen molar-refractivity contribution in [3.8, 4) is 0 Å². The average molecular weight is 464 g/mol. The van der Waals surface area contributed by atoms with Crippen LogP contribution in [-0.2, 0) is 0 Å². The van der Waals surface area contributed by atoms with E-state index in [0.717, 1.165) is 22.3 Å². The number of hydrogen-bond acceptors (Lipinski definition) is 2. The minimum atomic E-state index is -1.10. The fourth-order valence-electron chi connectivity index (χ4n) is 5.81. The summed E-state index contributed by atoms with van der Waals surface area (Å²) in [4.78, 5) is 11.9. The molecule has 0 N–H and O–H groups in total. The summed E-state index contributed by atoms with van der Waals surface area (Å²) in [7, 11) is 0. The van der Waals surface area contributed by atoms with Gasteiger partial charge in [0.25, 0.3) is 0 Å². The van der Waals surface area contributed by atoms with Gasteiger partial charge in [-0.2, -0.15) is 0 Å². The molecule has 0 amide bonds. The van der Waals surface area contributed by atoms with E-state index in [-0.39, 0.29) is 58.1 Å². The van der Waals surface area contributed by atoms with E-state index >= 15 is 0 Å². The first-order valence-electron chi connectivity index (χ1n) is 11.3. The fraction of sp³-hybridized carbons (Fsp3) is 0.345. The summed E-state index contributed by atoms with van der Waals surface area (Å²) in [5, 5.41) is 11.9. The number of aromatic carboxylic acids is 1. The first-order valence-corrected chi connectivity index (χ1v) is 11.3. The van der Waals surface area contributed by atoms with Gasteiger partial charge in [0.05, 0.1) is 5.97 Å². The van der Waals surface area contributed by atoms with Crippen LogP contribution in [0.4, 0.5) is 0 Å². The molecule has 3 rings (SSSR count). The molecule has 2 nitrogen and oxygen atoms in total. The van der Waals surface area contributed by atoms with Gasteiger partial charge in [0.2, 0.25) is 6.71 Å². The molecule has 0 aliphatic heterocycles. The van der Waals surface area contributed by atoms with Gasteiger partial charge in [0.15, 0.2) is 0 Å². The number of rotatable bonds is 4. The summed E-state index contributed by atoms with van der Waals surface area (Å²) in [5.41, 5.74) is 15.5. The Morgan fingerprint density at radius 3 is 1.15 bits per heavy atom. The van der Waals surface area contributed by atoms with Gasteiger partial charge >= 0.3 is 51.4 Å². The Kier molecular flexibility index (Phi) is 9.03. The molecule has 0 saturated carbocycles. The molecule has 0 unspecified atom stereocenters. The quantitative estimate of drug-likeness (QED) is 0.533. The van der Waals surface area contributed by atoms with Crippen molar-refractivity contribution in [3.05, 3.63) is 85.5 Å². The SMILES string of the molecule is Cc1cc(C)c(B(c2c(C)cc(C)cc2C)c2c(C)c(C)c(C(=O)[O-])c(C)c2C)c(C)c1.[K+]. The number of benzene rings is 3. The van der Waals surface area contributed by atoms with Crippen LogP contribution in [0.2, 0.25) is 0 Å². The predicted octanol–water partition coefficient (Wildman–Crippen LogP) is 0.655. The molecule has 0 atom stereocenters. The smallest absolute Gasteiger partial charge is 0.545 e. The average Bonchev–Trinajstić information content (AvgIpc) is 2.64. The number of carboxylic acid groups (broad SMARTS) is 1. The van der Waals surface area contributed by atoms with Gasteiger partial charge in [-0.05, 0) is 80.4 Å². The number of carbonyl (C=O) groups excluding carboxylic acids is 1. The summed E-state index contributed by atoms with van der Waals surface area (Å²) in [6.45, 7) is 21.0. The number of hydrogen-bond donors (Lipinski definition) is 0. The van der Waals surface area contributed by atoms with Crippen LogP contribution in [0.25, 0.3) is 0 Å². The van der Waals surface area contributed by atoms with E-state index in [0.29, 0.717) is 5.56 Å². The van der Waals surface area contributed by atoms with Crippen molar-refractivity contribution < 1.29 is 61.3 Å². The maximum absolute atomic E-state index is 11.9. The summed E-state index contributed by atoms with van der Waals surface area (Å²) in [6.07, 6.45) is 0. The molecule has 4 heteroatoms. The zero-order valence-electron chi connectivity index (χ0n) is 22.2. The summed E-state index contributed by atoms with van der Waals surface area (Å²) >= 11 is 0. The second-order valence-electron chi connectivity index (χ2n) is 9.63.